The maximum Gasteiger partial charge on any atom is 0.0988 e. The summed E-state index contributed by atoms with van der Waals surface area (Å²) in [6.07, 6.45) is 2.92. The number of nitrogens with zero attached hydrogens (tertiary/aromatic N) is 1. The number of H-pyrrole nitrogens is 1. The third-order valence-electron chi connectivity index (χ3n) is 4.34. The molecule has 0 saturated heterocycles. The SMILES string of the molecule is CC1(c2ccccn2)NCCc2c1[nH]c1ccccc21. The molecule has 3 heterocycles. The maximum atomic E-state index is 4.56. The van der Waals surface area contributed by atoms with E-state index in [2.05, 4.69) is 52.5 Å². The van der Waals surface area contributed by atoms with Crippen molar-refractivity contribution in [3.63, 3.8) is 0 Å². The monoisotopic (exact) mass is 263 g/mol. The number of aromatic nitrogens is 2. The number of benzene rings is 1. The number of nitrogens with one attached hydrogen (secondary N) is 2. The molecular weight excluding hydrogens is 246 g/mol. The summed E-state index contributed by atoms with van der Waals surface area (Å²) in [6, 6.07) is 14.6. The van der Waals surface area contributed by atoms with E-state index >= 15 is 0 Å². The van der Waals surface area contributed by atoms with Gasteiger partial charge in [-0.1, -0.05) is 24.3 Å². The molecule has 0 aliphatic carbocycles. The third kappa shape index (κ3) is 1.53. The fourth-order valence-corrected chi connectivity index (χ4v) is 3.29. The number of fused-ring (bicyclic) bond motifs is 3. The van der Waals surface area contributed by atoms with Crippen molar-refractivity contribution in [3.8, 4) is 0 Å². The third-order valence-corrected chi connectivity index (χ3v) is 4.34. The van der Waals surface area contributed by atoms with E-state index in [1.807, 2.05) is 18.3 Å². The molecular formula is C17H17N3. The van der Waals surface area contributed by atoms with E-state index in [9.17, 15) is 0 Å². The number of rotatable bonds is 1. The standard InChI is InChI=1S/C17H17N3/c1-17(15-8-4-5-10-18-15)16-13(9-11-19-17)12-6-2-3-7-14(12)20-16/h2-8,10,19-20H,9,11H2,1H3. The van der Waals surface area contributed by atoms with Gasteiger partial charge in [-0.05, 0) is 37.1 Å². The van der Waals surface area contributed by atoms with E-state index in [1.54, 1.807) is 0 Å². The highest BCUT2D eigenvalue weighted by Crippen LogP contribution is 2.36. The highest BCUT2D eigenvalue weighted by molar-refractivity contribution is 5.85. The largest absolute Gasteiger partial charge is 0.356 e. The van der Waals surface area contributed by atoms with Crippen molar-refractivity contribution < 1.29 is 0 Å². The lowest BCUT2D eigenvalue weighted by atomic mass is 9.85. The summed E-state index contributed by atoms with van der Waals surface area (Å²) in [5.74, 6) is 0. The topological polar surface area (TPSA) is 40.7 Å². The molecule has 3 heteroatoms. The summed E-state index contributed by atoms with van der Waals surface area (Å²) >= 11 is 0. The molecule has 3 aromatic rings. The molecule has 1 aromatic carbocycles. The van der Waals surface area contributed by atoms with Crippen LogP contribution < -0.4 is 5.32 Å². The minimum Gasteiger partial charge on any atom is -0.356 e. The van der Waals surface area contributed by atoms with Crippen LogP contribution >= 0.6 is 0 Å². The number of hydrogen-bond acceptors (Lipinski definition) is 2. The number of aromatic amines is 1. The number of pyridine rings is 1. The number of hydrogen-bond donors (Lipinski definition) is 2. The molecule has 0 spiro atoms. The van der Waals surface area contributed by atoms with Gasteiger partial charge in [-0.3, -0.25) is 4.98 Å². The summed E-state index contributed by atoms with van der Waals surface area (Å²) in [6.45, 7) is 3.19. The van der Waals surface area contributed by atoms with Crippen LogP contribution in [0.5, 0.6) is 0 Å². The molecule has 2 N–H and O–H groups in total. The Bertz CT molecular complexity index is 760. The smallest absolute Gasteiger partial charge is 0.0988 e. The lowest BCUT2D eigenvalue weighted by Crippen LogP contribution is -2.46. The van der Waals surface area contributed by atoms with Gasteiger partial charge in [0.15, 0.2) is 0 Å². The molecule has 20 heavy (non-hydrogen) atoms. The van der Waals surface area contributed by atoms with E-state index in [-0.39, 0.29) is 5.54 Å². The molecule has 100 valence electrons. The lowest BCUT2D eigenvalue weighted by molar-refractivity contribution is 0.397. The van der Waals surface area contributed by atoms with Gasteiger partial charge in [-0.2, -0.15) is 0 Å². The predicted molar refractivity (Wildman–Crippen MR) is 80.7 cm³/mol. The van der Waals surface area contributed by atoms with Crippen molar-refractivity contribution in [1.82, 2.24) is 15.3 Å². The Morgan fingerprint density at radius 3 is 2.80 bits per heavy atom. The summed E-state index contributed by atoms with van der Waals surface area (Å²) in [5.41, 5.74) is 4.71. The lowest BCUT2D eigenvalue weighted by Gasteiger charge is -2.34. The summed E-state index contributed by atoms with van der Waals surface area (Å²) in [5, 5.41) is 4.97. The predicted octanol–water partition coefficient (Wildman–Crippen LogP) is 2.97. The van der Waals surface area contributed by atoms with Crippen LogP contribution in [0.1, 0.15) is 23.9 Å². The Hall–Kier alpha value is -2.13. The molecule has 0 saturated carbocycles. The zero-order valence-electron chi connectivity index (χ0n) is 11.5. The molecule has 1 atom stereocenters. The van der Waals surface area contributed by atoms with E-state index in [4.69, 9.17) is 0 Å². The molecule has 3 nitrogen and oxygen atoms in total. The summed E-state index contributed by atoms with van der Waals surface area (Å²) in [4.78, 5) is 8.16. The van der Waals surface area contributed by atoms with Gasteiger partial charge in [0, 0.05) is 29.3 Å². The van der Waals surface area contributed by atoms with Crippen LogP contribution in [0, 0.1) is 0 Å². The molecule has 0 bridgehead atoms. The average Bonchev–Trinajstić information content (AvgIpc) is 2.89. The van der Waals surface area contributed by atoms with Crippen molar-refractivity contribution in [2.45, 2.75) is 18.9 Å². The van der Waals surface area contributed by atoms with E-state index in [0.717, 1.165) is 18.7 Å². The molecule has 0 radical (unpaired) electrons. The Balaban J connectivity index is 1.99. The van der Waals surface area contributed by atoms with E-state index in [0.29, 0.717) is 0 Å². The first-order valence-corrected chi connectivity index (χ1v) is 7.05. The Labute approximate surface area is 118 Å². The zero-order chi connectivity index (χ0) is 13.6. The normalized spacial score (nSPS) is 21.9. The summed E-state index contributed by atoms with van der Waals surface area (Å²) < 4.78 is 0. The Kier molecular flexibility index (Phi) is 2.44. The van der Waals surface area contributed by atoms with Crippen LogP contribution in [-0.2, 0) is 12.0 Å². The molecule has 2 aromatic heterocycles. The molecule has 1 aliphatic heterocycles. The highest BCUT2D eigenvalue weighted by Gasteiger charge is 2.36. The van der Waals surface area contributed by atoms with Crippen molar-refractivity contribution in [3.05, 3.63) is 65.6 Å². The van der Waals surface area contributed by atoms with Crippen LogP contribution in [0.3, 0.4) is 0 Å². The molecule has 1 aliphatic rings. The highest BCUT2D eigenvalue weighted by atomic mass is 15.0. The van der Waals surface area contributed by atoms with Gasteiger partial charge >= 0.3 is 0 Å². The van der Waals surface area contributed by atoms with Gasteiger partial charge < -0.3 is 10.3 Å². The van der Waals surface area contributed by atoms with Gasteiger partial charge in [0.2, 0.25) is 0 Å². The van der Waals surface area contributed by atoms with Crippen LogP contribution in [0.25, 0.3) is 10.9 Å². The first kappa shape index (κ1) is 11.7. The van der Waals surface area contributed by atoms with Crippen molar-refractivity contribution in [1.29, 1.82) is 0 Å². The zero-order valence-corrected chi connectivity index (χ0v) is 11.5. The first-order valence-electron chi connectivity index (χ1n) is 7.05. The molecule has 1 unspecified atom stereocenters. The van der Waals surface area contributed by atoms with E-state index < -0.39 is 0 Å². The fourth-order valence-electron chi connectivity index (χ4n) is 3.29. The van der Waals surface area contributed by atoms with Crippen molar-refractivity contribution >= 4 is 10.9 Å². The van der Waals surface area contributed by atoms with Crippen LogP contribution in [0.15, 0.2) is 48.7 Å². The van der Waals surface area contributed by atoms with Crippen LogP contribution in [0.4, 0.5) is 0 Å². The van der Waals surface area contributed by atoms with E-state index in [1.165, 1.54) is 22.2 Å². The second-order valence-corrected chi connectivity index (χ2v) is 5.54. The molecule has 4 rings (SSSR count). The minimum atomic E-state index is -0.242. The second-order valence-electron chi connectivity index (χ2n) is 5.54. The number of para-hydroxylation sites is 1. The average molecular weight is 263 g/mol. The van der Waals surface area contributed by atoms with Crippen molar-refractivity contribution in [2.75, 3.05) is 6.54 Å². The molecule has 0 fully saturated rings. The Morgan fingerprint density at radius 2 is 1.95 bits per heavy atom. The minimum absolute atomic E-state index is 0.242. The summed E-state index contributed by atoms with van der Waals surface area (Å²) in [7, 11) is 0. The quantitative estimate of drug-likeness (QED) is 0.708. The first-order chi connectivity index (χ1) is 9.79. The van der Waals surface area contributed by atoms with Gasteiger partial charge in [0.25, 0.3) is 0 Å². The Morgan fingerprint density at radius 1 is 1.10 bits per heavy atom. The van der Waals surface area contributed by atoms with Gasteiger partial charge in [0.1, 0.15) is 0 Å². The van der Waals surface area contributed by atoms with Crippen LogP contribution in [-0.4, -0.2) is 16.5 Å². The molecule has 0 amide bonds. The second kappa shape index (κ2) is 4.18. The maximum absolute atomic E-state index is 4.56. The fraction of sp³-hybridized carbons (Fsp3) is 0.235. The van der Waals surface area contributed by atoms with Gasteiger partial charge in [-0.25, -0.2) is 0 Å². The van der Waals surface area contributed by atoms with Gasteiger partial charge in [0.05, 0.1) is 11.2 Å². The van der Waals surface area contributed by atoms with Crippen LogP contribution in [0.2, 0.25) is 0 Å². The van der Waals surface area contributed by atoms with Crippen molar-refractivity contribution in [2.24, 2.45) is 0 Å². The van der Waals surface area contributed by atoms with Gasteiger partial charge in [-0.15, -0.1) is 0 Å².